The molecule has 1 aromatic rings. The second-order valence-corrected chi connectivity index (χ2v) is 7.41. The van der Waals surface area contributed by atoms with E-state index in [-0.39, 0.29) is 11.8 Å². The lowest BCUT2D eigenvalue weighted by atomic mass is 9.97. The summed E-state index contributed by atoms with van der Waals surface area (Å²) in [5, 5.41) is 6.17. The van der Waals surface area contributed by atoms with Gasteiger partial charge in [0.15, 0.2) is 0 Å². The number of carbonyl (C=O) groups excluding carboxylic acids is 2. The van der Waals surface area contributed by atoms with Crippen LogP contribution in [-0.4, -0.2) is 25.5 Å². The highest BCUT2D eigenvalue weighted by atomic mass is 35.5. The van der Waals surface area contributed by atoms with Crippen LogP contribution in [0.2, 0.25) is 5.02 Å². The molecule has 26 heavy (non-hydrogen) atoms. The molecule has 0 spiro atoms. The van der Waals surface area contributed by atoms with Gasteiger partial charge in [-0.15, -0.1) is 0 Å². The van der Waals surface area contributed by atoms with Crippen molar-refractivity contribution in [2.24, 2.45) is 5.41 Å². The topological polar surface area (TPSA) is 67.4 Å². The van der Waals surface area contributed by atoms with Crippen molar-refractivity contribution < 1.29 is 14.3 Å². The Morgan fingerprint density at radius 3 is 2.65 bits per heavy atom. The molecule has 1 fully saturated rings. The van der Waals surface area contributed by atoms with Gasteiger partial charge in [-0.25, -0.2) is 0 Å². The molecule has 3 rings (SSSR count). The minimum Gasteiger partial charge on any atom is -0.495 e. The summed E-state index contributed by atoms with van der Waals surface area (Å²) in [5.41, 5.74) is 1.04. The van der Waals surface area contributed by atoms with Crippen molar-refractivity contribution in [2.75, 3.05) is 19.0 Å². The van der Waals surface area contributed by atoms with Gasteiger partial charge in [-0.2, -0.15) is 0 Å². The summed E-state index contributed by atoms with van der Waals surface area (Å²) >= 11 is 6.09. The van der Waals surface area contributed by atoms with Crippen molar-refractivity contribution in [3.63, 3.8) is 0 Å². The minimum absolute atomic E-state index is 0.175. The Hall–Kier alpha value is -2.01. The van der Waals surface area contributed by atoms with E-state index in [1.165, 1.54) is 25.5 Å². The average Bonchev–Trinajstić information content (AvgIpc) is 3.45. The molecule has 0 bridgehead atoms. The monoisotopic (exact) mass is 376 g/mol. The summed E-state index contributed by atoms with van der Waals surface area (Å²) in [6.07, 6.45) is 9.07. The van der Waals surface area contributed by atoms with Gasteiger partial charge in [-0.1, -0.05) is 23.3 Å². The smallest absolute Gasteiger partial charge is 0.240 e. The molecule has 2 N–H and O–H groups in total. The molecular weight excluding hydrogens is 352 g/mol. The molecule has 0 radical (unpaired) electrons. The number of allylic oxidation sites excluding steroid dienone is 1. The van der Waals surface area contributed by atoms with Crippen molar-refractivity contribution in [1.29, 1.82) is 0 Å². The molecule has 0 aliphatic heterocycles. The first-order chi connectivity index (χ1) is 12.5. The maximum atomic E-state index is 12.6. The molecule has 140 valence electrons. The predicted molar refractivity (Wildman–Crippen MR) is 102 cm³/mol. The van der Waals surface area contributed by atoms with Gasteiger partial charge in [0, 0.05) is 12.2 Å². The zero-order valence-electron chi connectivity index (χ0n) is 15.1. The number of nitrogens with one attached hydrogen (secondary N) is 2. The normalized spacial score (nSPS) is 17.8. The number of methoxy groups -OCH3 is 1. The van der Waals surface area contributed by atoms with Crippen LogP contribution in [0.15, 0.2) is 29.8 Å². The zero-order chi connectivity index (χ0) is 18.6. The van der Waals surface area contributed by atoms with Crippen LogP contribution < -0.4 is 15.4 Å². The minimum atomic E-state index is -0.937. The third kappa shape index (κ3) is 4.21. The zero-order valence-corrected chi connectivity index (χ0v) is 15.8. The first-order valence-corrected chi connectivity index (χ1v) is 9.54. The number of hydrogen-bond acceptors (Lipinski definition) is 3. The van der Waals surface area contributed by atoms with Gasteiger partial charge >= 0.3 is 0 Å². The van der Waals surface area contributed by atoms with Crippen molar-refractivity contribution in [2.45, 2.75) is 44.9 Å². The van der Waals surface area contributed by atoms with Crippen LogP contribution in [0.5, 0.6) is 5.75 Å². The highest BCUT2D eigenvalue weighted by molar-refractivity contribution is 6.32. The number of benzene rings is 1. The summed E-state index contributed by atoms with van der Waals surface area (Å²) in [4.78, 5) is 25.1. The number of anilines is 1. The van der Waals surface area contributed by atoms with E-state index in [1.807, 2.05) is 0 Å². The van der Waals surface area contributed by atoms with Crippen molar-refractivity contribution in [3.8, 4) is 5.75 Å². The molecule has 2 amide bonds. The van der Waals surface area contributed by atoms with E-state index in [0.717, 1.165) is 19.3 Å². The van der Waals surface area contributed by atoms with Crippen LogP contribution in [0, 0.1) is 5.41 Å². The molecule has 1 aromatic carbocycles. The second-order valence-electron chi connectivity index (χ2n) is 7.00. The average molecular weight is 377 g/mol. The quantitative estimate of drug-likeness (QED) is 0.556. The molecule has 6 heteroatoms. The molecule has 2 aliphatic rings. The van der Waals surface area contributed by atoms with E-state index >= 15 is 0 Å². The van der Waals surface area contributed by atoms with Crippen LogP contribution in [0.1, 0.15) is 44.9 Å². The standard InChI is InChI=1S/C20H25ClN2O3/c1-26-17-8-7-15(13-16(17)21)23-19(25)20(10-11-20)18(24)22-12-9-14-5-3-2-4-6-14/h5,7-8,13H,2-4,6,9-12H2,1H3,(H,22,24)(H,23,25). The van der Waals surface area contributed by atoms with Gasteiger partial charge < -0.3 is 15.4 Å². The Morgan fingerprint density at radius 2 is 2.04 bits per heavy atom. The number of carbonyl (C=O) groups is 2. The van der Waals surface area contributed by atoms with Crippen molar-refractivity contribution in [1.82, 2.24) is 5.32 Å². The van der Waals surface area contributed by atoms with Crippen LogP contribution in [-0.2, 0) is 9.59 Å². The lowest BCUT2D eigenvalue weighted by Crippen LogP contribution is -2.40. The number of halogens is 1. The molecular formula is C20H25ClN2O3. The SMILES string of the molecule is COc1ccc(NC(=O)C2(C(=O)NCCC3=CCCCC3)CC2)cc1Cl. The highest BCUT2D eigenvalue weighted by Gasteiger charge is 2.56. The summed E-state index contributed by atoms with van der Waals surface area (Å²) in [5.74, 6) is 0.0969. The molecule has 1 saturated carbocycles. The summed E-state index contributed by atoms with van der Waals surface area (Å²) in [7, 11) is 1.53. The van der Waals surface area contributed by atoms with E-state index in [4.69, 9.17) is 16.3 Å². The molecule has 5 nitrogen and oxygen atoms in total. The second kappa shape index (κ2) is 8.12. The lowest BCUT2D eigenvalue weighted by molar-refractivity contribution is -0.134. The maximum Gasteiger partial charge on any atom is 0.240 e. The fourth-order valence-corrected chi connectivity index (χ4v) is 3.57. The molecule has 0 unspecified atom stereocenters. The van der Waals surface area contributed by atoms with E-state index < -0.39 is 5.41 Å². The van der Waals surface area contributed by atoms with Crippen molar-refractivity contribution in [3.05, 3.63) is 34.9 Å². The molecule has 0 atom stereocenters. The Morgan fingerprint density at radius 1 is 1.23 bits per heavy atom. The summed E-state index contributed by atoms with van der Waals surface area (Å²) in [6.45, 7) is 0.591. The van der Waals surface area contributed by atoms with Gasteiger partial charge in [0.1, 0.15) is 11.2 Å². The Bertz CT molecular complexity index is 726. The molecule has 0 aromatic heterocycles. The predicted octanol–water partition coefficient (Wildman–Crippen LogP) is 4.07. The Balaban J connectivity index is 1.53. The fourth-order valence-electron chi connectivity index (χ4n) is 3.31. The van der Waals surface area contributed by atoms with Crippen LogP contribution >= 0.6 is 11.6 Å². The van der Waals surface area contributed by atoms with Gasteiger partial charge in [-0.05, 0) is 63.1 Å². The largest absolute Gasteiger partial charge is 0.495 e. The number of ether oxygens (including phenoxy) is 1. The lowest BCUT2D eigenvalue weighted by Gasteiger charge is -2.17. The third-order valence-corrected chi connectivity index (χ3v) is 5.44. The van der Waals surface area contributed by atoms with Gasteiger partial charge in [0.05, 0.1) is 12.1 Å². The van der Waals surface area contributed by atoms with Crippen molar-refractivity contribution >= 4 is 29.1 Å². The molecule has 0 heterocycles. The number of hydrogen-bond donors (Lipinski definition) is 2. The van der Waals surface area contributed by atoms with Gasteiger partial charge in [-0.3, -0.25) is 9.59 Å². The fraction of sp³-hybridized carbons (Fsp3) is 0.500. The summed E-state index contributed by atoms with van der Waals surface area (Å²) in [6, 6.07) is 5.03. The molecule has 2 aliphatic carbocycles. The third-order valence-electron chi connectivity index (χ3n) is 5.15. The van der Waals surface area contributed by atoms with Crippen LogP contribution in [0.3, 0.4) is 0 Å². The van der Waals surface area contributed by atoms with Crippen LogP contribution in [0.25, 0.3) is 0 Å². The van der Waals surface area contributed by atoms with E-state index in [0.29, 0.717) is 35.8 Å². The van der Waals surface area contributed by atoms with Gasteiger partial charge in [0.2, 0.25) is 11.8 Å². The first-order valence-electron chi connectivity index (χ1n) is 9.16. The summed E-state index contributed by atoms with van der Waals surface area (Å²) < 4.78 is 5.10. The molecule has 0 saturated heterocycles. The van der Waals surface area contributed by atoms with E-state index in [9.17, 15) is 9.59 Å². The number of amides is 2. The van der Waals surface area contributed by atoms with E-state index in [2.05, 4.69) is 16.7 Å². The maximum absolute atomic E-state index is 12.6. The van der Waals surface area contributed by atoms with Gasteiger partial charge in [0.25, 0.3) is 0 Å². The highest BCUT2D eigenvalue weighted by Crippen LogP contribution is 2.47. The van der Waals surface area contributed by atoms with Crippen LogP contribution in [0.4, 0.5) is 5.69 Å². The van der Waals surface area contributed by atoms with E-state index in [1.54, 1.807) is 18.2 Å². The Kier molecular flexibility index (Phi) is 5.87. The first kappa shape index (κ1) is 18.8. The Labute approximate surface area is 159 Å². The number of rotatable bonds is 7.